The molecule has 1 aromatic rings. The van der Waals surface area contributed by atoms with Crippen LogP contribution in [-0.4, -0.2) is 27.8 Å². The van der Waals surface area contributed by atoms with Crippen LogP contribution in [-0.2, 0) is 4.79 Å². The van der Waals surface area contributed by atoms with E-state index in [1.54, 1.807) is 0 Å². The van der Waals surface area contributed by atoms with E-state index in [0.717, 1.165) is 0 Å². The van der Waals surface area contributed by atoms with Gasteiger partial charge in [0.05, 0.1) is 0 Å². The Morgan fingerprint density at radius 1 is 0.867 bits per heavy atom. The Kier molecular flexibility index (Phi) is 7.89. The van der Waals surface area contributed by atoms with Crippen molar-refractivity contribution in [3.05, 3.63) is 0 Å². The summed E-state index contributed by atoms with van der Waals surface area (Å²) in [5.74, 6) is 0.125. The molecule has 1 aromatic heterocycles. The second kappa shape index (κ2) is 7.97. The first-order valence-electron chi connectivity index (χ1n) is 3.28. The molecule has 1 rings (SSSR count). The average Bonchev–Trinajstić information content (AvgIpc) is 2.03. The van der Waals surface area contributed by atoms with E-state index < -0.39 is 6.03 Å². The molecule has 0 aliphatic rings. The number of primary amides is 2. The monoisotopic (exact) mass is 216 g/mol. The van der Waals surface area contributed by atoms with Gasteiger partial charge in [0, 0.05) is 0 Å². The van der Waals surface area contributed by atoms with Gasteiger partial charge in [-0.1, -0.05) is 0 Å². The third-order valence-electron chi connectivity index (χ3n) is 0.687. The number of nitrogens with zero attached hydrogens (tertiary/aromatic N) is 3. The molecular weight excluding hydrogens is 204 g/mol. The van der Waals surface area contributed by atoms with E-state index in [0.29, 0.717) is 0 Å². The highest BCUT2D eigenvalue weighted by molar-refractivity contribution is 5.69. The van der Waals surface area contributed by atoms with E-state index in [1.807, 2.05) is 6.79 Å². The number of carbonyl (C=O) groups is 2. The Morgan fingerprint density at radius 3 is 1.13 bits per heavy atom. The molecule has 0 saturated heterocycles. The highest BCUT2D eigenvalue weighted by Gasteiger charge is 1.93. The maximum atomic E-state index is 9.00. The molecule has 15 heavy (non-hydrogen) atoms. The van der Waals surface area contributed by atoms with Crippen LogP contribution in [0.25, 0.3) is 0 Å². The van der Waals surface area contributed by atoms with Gasteiger partial charge in [0.1, 0.15) is 6.79 Å². The number of carbonyl (C=O) groups excluding carboxylic acids is 2. The molecule has 0 saturated carbocycles. The normalized spacial score (nSPS) is 7.47. The molecule has 0 fully saturated rings. The fraction of sp³-hybridized carbons (Fsp3) is 0. The number of nitrogens with two attached hydrogens (primary N) is 5. The Labute approximate surface area is 84.9 Å². The Hall–Kier alpha value is -2.65. The van der Waals surface area contributed by atoms with Crippen molar-refractivity contribution in [3.63, 3.8) is 0 Å². The van der Waals surface area contributed by atoms with Gasteiger partial charge in [0.15, 0.2) is 0 Å². The topological polar surface area (TPSA) is 203 Å². The summed E-state index contributed by atoms with van der Waals surface area (Å²) in [7, 11) is 0. The molecule has 0 aromatic carbocycles. The first kappa shape index (κ1) is 14.9. The van der Waals surface area contributed by atoms with E-state index >= 15 is 0 Å². The van der Waals surface area contributed by atoms with Crippen LogP contribution in [0.1, 0.15) is 0 Å². The van der Waals surface area contributed by atoms with E-state index in [4.69, 9.17) is 26.8 Å². The molecule has 84 valence electrons. The van der Waals surface area contributed by atoms with Gasteiger partial charge in [-0.05, 0) is 0 Å². The number of urea groups is 1. The SMILES string of the molecule is C=O.NC(N)=O.Nc1nc(N)nc(N)n1. The zero-order chi connectivity index (χ0) is 12.4. The second-order valence-electron chi connectivity index (χ2n) is 1.81. The molecule has 2 amide bonds. The molecule has 0 radical (unpaired) electrons. The number of hydrogen-bond donors (Lipinski definition) is 5. The Bertz CT molecular complexity index is 261. The van der Waals surface area contributed by atoms with E-state index in [1.165, 1.54) is 0 Å². The van der Waals surface area contributed by atoms with Crippen LogP contribution in [0.15, 0.2) is 0 Å². The lowest BCUT2D eigenvalue weighted by atomic mass is 10.9. The van der Waals surface area contributed by atoms with Crippen molar-refractivity contribution < 1.29 is 9.59 Å². The van der Waals surface area contributed by atoms with E-state index in [-0.39, 0.29) is 17.8 Å². The molecule has 0 spiro atoms. The van der Waals surface area contributed by atoms with Crippen LogP contribution >= 0.6 is 0 Å². The molecule has 0 bridgehead atoms. The summed E-state index contributed by atoms with van der Waals surface area (Å²) in [6.07, 6.45) is 0. The zero-order valence-electron chi connectivity index (χ0n) is 7.75. The number of rotatable bonds is 0. The fourth-order valence-electron chi connectivity index (χ4n) is 0.427. The largest absolute Gasteiger partial charge is 0.368 e. The predicted molar refractivity (Wildman–Crippen MR) is 54.0 cm³/mol. The quantitative estimate of drug-likeness (QED) is 0.311. The molecule has 0 unspecified atom stereocenters. The van der Waals surface area contributed by atoms with Gasteiger partial charge in [-0.3, -0.25) is 0 Å². The molecule has 0 aliphatic carbocycles. The fourth-order valence-corrected chi connectivity index (χ4v) is 0.427. The minimum Gasteiger partial charge on any atom is -0.368 e. The lowest BCUT2D eigenvalue weighted by Gasteiger charge is -1.93. The first-order chi connectivity index (χ1) is 6.91. The van der Waals surface area contributed by atoms with Crippen LogP contribution in [0.4, 0.5) is 22.6 Å². The highest BCUT2D eigenvalue weighted by atomic mass is 16.2. The van der Waals surface area contributed by atoms with Crippen molar-refractivity contribution in [3.8, 4) is 0 Å². The Morgan fingerprint density at radius 2 is 1.00 bits per heavy atom. The molecule has 10 N–H and O–H groups in total. The van der Waals surface area contributed by atoms with E-state index in [2.05, 4.69) is 26.4 Å². The van der Waals surface area contributed by atoms with Gasteiger partial charge in [-0.2, -0.15) is 15.0 Å². The predicted octanol–water partition coefficient (Wildman–Crippen LogP) is -2.54. The third kappa shape index (κ3) is 11.3. The molecule has 1 heterocycles. The average molecular weight is 216 g/mol. The Balaban J connectivity index is 0. The lowest BCUT2D eigenvalue weighted by Crippen LogP contribution is -2.18. The van der Waals surface area contributed by atoms with Crippen LogP contribution in [0, 0.1) is 0 Å². The number of aromatic nitrogens is 3. The number of anilines is 3. The van der Waals surface area contributed by atoms with Crippen molar-refractivity contribution in [2.24, 2.45) is 11.5 Å². The number of nitrogen functional groups attached to an aromatic ring is 3. The lowest BCUT2D eigenvalue weighted by molar-refractivity contribution is -0.0979. The van der Waals surface area contributed by atoms with Gasteiger partial charge in [-0.15, -0.1) is 0 Å². The summed E-state index contributed by atoms with van der Waals surface area (Å²) in [5.41, 5.74) is 23.9. The standard InChI is InChI=1S/C3H6N6.CH4N2O.CH2O/c4-1-7-2(5)9-3(6)8-1;2-1(3)4;1-2/h(H6,4,5,6,7,8,9);(H4,2,3,4);1H2. The van der Waals surface area contributed by atoms with Crippen LogP contribution < -0.4 is 28.7 Å². The minimum atomic E-state index is -0.833. The molecule has 10 heteroatoms. The smallest absolute Gasteiger partial charge is 0.309 e. The van der Waals surface area contributed by atoms with Gasteiger partial charge in [0.2, 0.25) is 17.8 Å². The molecule has 0 aliphatic heterocycles. The summed E-state index contributed by atoms with van der Waals surface area (Å²) < 4.78 is 0. The van der Waals surface area contributed by atoms with Gasteiger partial charge in [-0.25, -0.2) is 4.79 Å². The van der Waals surface area contributed by atoms with Crippen LogP contribution in [0.2, 0.25) is 0 Å². The van der Waals surface area contributed by atoms with Crippen molar-refractivity contribution in [2.45, 2.75) is 0 Å². The summed E-state index contributed by atoms with van der Waals surface area (Å²) in [5, 5.41) is 0. The minimum absolute atomic E-state index is 0.0417. The highest BCUT2D eigenvalue weighted by Crippen LogP contribution is 1.97. The van der Waals surface area contributed by atoms with Crippen molar-refractivity contribution >= 4 is 30.7 Å². The van der Waals surface area contributed by atoms with Crippen molar-refractivity contribution in [1.82, 2.24) is 15.0 Å². The van der Waals surface area contributed by atoms with Crippen LogP contribution in [0.3, 0.4) is 0 Å². The summed E-state index contributed by atoms with van der Waals surface area (Å²) in [4.78, 5) is 27.5. The second-order valence-corrected chi connectivity index (χ2v) is 1.81. The maximum Gasteiger partial charge on any atom is 0.309 e. The van der Waals surface area contributed by atoms with Crippen LogP contribution in [0.5, 0.6) is 0 Å². The third-order valence-corrected chi connectivity index (χ3v) is 0.687. The summed E-state index contributed by atoms with van der Waals surface area (Å²) in [6.45, 7) is 2.00. The summed E-state index contributed by atoms with van der Waals surface area (Å²) in [6, 6.07) is -0.833. The molecule has 0 atom stereocenters. The zero-order valence-corrected chi connectivity index (χ0v) is 7.75. The maximum absolute atomic E-state index is 9.00. The number of hydrogen-bond acceptors (Lipinski definition) is 8. The first-order valence-corrected chi connectivity index (χ1v) is 3.28. The van der Waals surface area contributed by atoms with Crippen molar-refractivity contribution in [1.29, 1.82) is 0 Å². The van der Waals surface area contributed by atoms with Crippen molar-refractivity contribution in [2.75, 3.05) is 17.2 Å². The van der Waals surface area contributed by atoms with Gasteiger partial charge < -0.3 is 33.5 Å². The van der Waals surface area contributed by atoms with Gasteiger partial charge in [0.25, 0.3) is 0 Å². The molecule has 10 nitrogen and oxygen atoms in total. The van der Waals surface area contributed by atoms with E-state index in [9.17, 15) is 0 Å². The summed E-state index contributed by atoms with van der Waals surface area (Å²) >= 11 is 0. The number of amides is 2. The molecular formula is C5H12N8O2. The van der Waals surface area contributed by atoms with Gasteiger partial charge >= 0.3 is 6.03 Å².